The number of ether oxygens (including phenoxy) is 1. The zero-order valence-corrected chi connectivity index (χ0v) is 9.23. The van der Waals surface area contributed by atoms with Crippen molar-refractivity contribution in [2.24, 2.45) is 0 Å². The van der Waals surface area contributed by atoms with Crippen molar-refractivity contribution < 1.29 is 13.9 Å². The first-order valence-corrected chi connectivity index (χ1v) is 5.05. The van der Waals surface area contributed by atoms with E-state index in [2.05, 4.69) is 15.9 Å². The van der Waals surface area contributed by atoms with Crippen LogP contribution >= 0.6 is 15.9 Å². The third-order valence-electron chi connectivity index (χ3n) is 1.75. The van der Waals surface area contributed by atoms with E-state index in [1.54, 1.807) is 24.3 Å². The predicted molar refractivity (Wildman–Crippen MR) is 58.3 cm³/mol. The van der Waals surface area contributed by atoms with Crippen LogP contribution in [-0.4, -0.2) is 6.29 Å². The number of furan rings is 1. The lowest BCUT2D eigenvalue weighted by molar-refractivity contribution is 0.109. The van der Waals surface area contributed by atoms with Gasteiger partial charge in [0.05, 0.1) is 0 Å². The lowest BCUT2D eigenvalue weighted by Crippen LogP contribution is -1.80. The van der Waals surface area contributed by atoms with Gasteiger partial charge in [-0.05, 0) is 30.3 Å². The average molecular weight is 267 g/mol. The highest BCUT2D eigenvalue weighted by atomic mass is 79.9. The second-order valence-electron chi connectivity index (χ2n) is 2.83. The van der Waals surface area contributed by atoms with Gasteiger partial charge in [-0.25, -0.2) is 0 Å². The molecule has 0 aliphatic carbocycles. The van der Waals surface area contributed by atoms with E-state index in [1.807, 2.05) is 12.1 Å². The summed E-state index contributed by atoms with van der Waals surface area (Å²) in [6, 6.07) is 10.5. The zero-order chi connectivity index (χ0) is 10.7. The van der Waals surface area contributed by atoms with Gasteiger partial charge in [0.15, 0.2) is 12.0 Å². The summed E-state index contributed by atoms with van der Waals surface area (Å²) in [5, 5.41) is 0. The number of benzene rings is 1. The second kappa shape index (κ2) is 4.31. The molecule has 0 saturated heterocycles. The molecule has 1 aromatic carbocycles. The molecule has 1 heterocycles. The Morgan fingerprint density at radius 2 is 1.87 bits per heavy atom. The minimum atomic E-state index is 0.252. The third-order valence-corrected chi connectivity index (χ3v) is 2.28. The van der Waals surface area contributed by atoms with Crippen LogP contribution in [0.2, 0.25) is 0 Å². The van der Waals surface area contributed by atoms with Gasteiger partial charge >= 0.3 is 0 Å². The molecule has 1 aromatic heterocycles. The van der Waals surface area contributed by atoms with E-state index in [1.165, 1.54) is 0 Å². The van der Waals surface area contributed by atoms with E-state index in [-0.39, 0.29) is 5.76 Å². The van der Waals surface area contributed by atoms with Gasteiger partial charge in [-0.3, -0.25) is 4.79 Å². The maximum atomic E-state index is 10.4. The molecule has 0 aliphatic heterocycles. The minimum absolute atomic E-state index is 0.252. The summed E-state index contributed by atoms with van der Waals surface area (Å²) >= 11 is 3.32. The molecule has 0 bridgehead atoms. The highest BCUT2D eigenvalue weighted by molar-refractivity contribution is 9.10. The van der Waals surface area contributed by atoms with Gasteiger partial charge in [0.25, 0.3) is 5.95 Å². The Hall–Kier alpha value is -1.55. The first kappa shape index (κ1) is 9.98. The fraction of sp³-hybridized carbons (Fsp3) is 0. The lowest BCUT2D eigenvalue weighted by Gasteiger charge is -2.00. The van der Waals surface area contributed by atoms with Crippen molar-refractivity contribution in [1.29, 1.82) is 0 Å². The van der Waals surface area contributed by atoms with Crippen molar-refractivity contribution in [3.63, 3.8) is 0 Å². The summed E-state index contributed by atoms with van der Waals surface area (Å²) < 4.78 is 11.4. The molecular weight excluding hydrogens is 260 g/mol. The molecule has 0 N–H and O–H groups in total. The minimum Gasteiger partial charge on any atom is -0.426 e. The first-order valence-electron chi connectivity index (χ1n) is 4.26. The van der Waals surface area contributed by atoms with E-state index in [0.29, 0.717) is 18.0 Å². The Balaban J connectivity index is 2.14. The number of hydrogen-bond acceptors (Lipinski definition) is 3. The van der Waals surface area contributed by atoms with Gasteiger partial charge < -0.3 is 9.15 Å². The molecule has 76 valence electrons. The van der Waals surface area contributed by atoms with E-state index in [4.69, 9.17) is 9.15 Å². The van der Waals surface area contributed by atoms with Crippen molar-refractivity contribution in [2.45, 2.75) is 0 Å². The number of carbonyl (C=O) groups is 1. The van der Waals surface area contributed by atoms with E-state index < -0.39 is 0 Å². The van der Waals surface area contributed by atoms with Crippen molar-refractivity contribution in [2.75, 3.05) is 0 Å². The molecule has 0 aliphatic rings. The number of aldehydes is 1. The summed E-state index contributed by atoms with van der Waals surface area (Å²) in [6.45, 7) is 0. The van der Waals surface area contributed by atoms with Gasteiger partial charge in [0, 0.05) is 10.5 Å². The van der Waals surface area contributed by atoms with Crippen molar-refractivity contribution in [3.05, 3.63) is 46.6 Å². The standard InChI is InChI=1S/C11H7BrO3/c12-8-1-3-9(4-2-8)14-11-6-5-10(7-13)15-11/h1-7H. The van der Waals surface area contributed by atoms with Crippen LogP contribution < -0.4 is 4.74 Å². The van der Waals surface area contributed by atoms with Crippen LogP contribution in [0.4, 0.5) is 0 Å². The smallest absolute Gasteiger partial charge is 0.290 e. The number of halogens is 1. The van der Waals surface area contributed by atoms with Gasteiger partial charge in [-0.1, -0.05) is 15.9 Å². The monoisotopic (exact) mass is 266 g/mol. The summed E-state index contributed by atoms with van der Waals surface area (Å²) in [4.78, 5) is 10.4. The Kier molecular flexibility index (Phi) is 2.87. The molecular formula is C11H7BrO3. The molecule has 2 aromatic rings. The molecule has 4 heteroatoms. The molecule has 2 rings (SSSR count). The molecule has 0 unspecified atom stereocenters. The highest BCUT2D eigenvalue weighted by Gasteiger charge is 2.02. The van der Waals surface area contributed by atoms with Crippen molar-refractivity contribution >= 4 is 22.2 Å². The van der Waals surface area contributed by atoms with Gasteiger partial charge in [0.2, 0.25) is 0 Å². The fourth-order valence-electron chi connectivity index (χ4n) is 1.07. The summed E-state index contributed by atoms with van der Waals surface area (Å²) in [5.74, 6) is 1.21. The first-order chi connectivity index (χ1) is 7.28. The zero-order valence-electron chi connectivity index (χ0n) is 7.64. The molecule has 3 nitrogen and oxygen atoms in total. The molecule has 0 fully saturated rings. The SMILES string of the molecule is O=Cc1ccc(Oc2ccc(Br)cc2)o1. The van der Waals surface area contributed by atoms with Crippen LogP contribution in [0.5, 0.6) is 11.7 Å². The summed E-state index contributed by atoms with van der Waals surface area (Å²) in [6.07, 6.45) is 0.633. The van der Waals surface area contributed by atoms with E-state index >= 15 is 0 Å². The molecule has 0 amide bonds. The quantitative estimate of drug-likeness (QED) is 0.797. The molecule has 0 radical (unpaired) electrons. The van der Waals surface area contributed by atoms with Gasteiger partial charge in [-0.15, -0.1) is 0 Å². The molecule has 0 saturated carbocycles. The number of rotatable bonds is 3. The second-order valence-corrected chi connectivity index (χ2v) is 3.75. The Bertz CT molecular complexity index is 459. The number of hydrogen-bond donors (Lipinski definition) is 0. The van der Waals surface area contributed by atoms with Gasteiger partial charge in [-0.2, -0.15) is 0 Å². The largest absolute Gasteiger partial charge is 0.426 e. The molecule has 0 atom stereocenters. The highest BCUT2D eigenvalue weighted by Crippen LogP contribution is 2.24. The average Bonchev–Trinajstić information content (AvgIpc) is 2.69. The predicted octanol–water partition coefficient (Wildman–Crippen LogP) is 3.65. The van der Waals surface area contributed by atoms with Crippen LogP contribution in [0.15, 0.2) is 45.3 Å². The molecule has 0 spiro atoms. The van der Waals surface area contributed by atoms with E-state index in [0.717, 1.165) is 4.47 Å². The van der Waals surface area contributed by atoms with Crippen molar-refractivity contribution in [3.8, 4) is 11.7 Å². The van der Waals surface area contributed by atoms with Crippen LogP contribution in [-0.2, 0) is 0 Å². The summed E-state index contributed by atoms with van der Waals surface area (Å²) in [7, 11) is 0. The normalized spacial score (nSPS) is 9.93. The maximum Gasteiger partial charge on any atom is 0.290 e. The number of carbonyl (C=O) groups excluding carboxylic acids is 1. The molecule has 15 heavy (non-hydrogen) atoms. The van der Waals surface area contributed by atoms with Crippen molar-refractivity contribution in [1.82, 2.24) is 0 Å². The fourth-order valence-corrected chi connectivity index (χ4v) is 1.34. The Labute approximate surface area is 94.8 Å². The van der Waals surface area contributed by atoms with Crippen LogP contribution in [0.3, 0.4) is 0 Å². The third kappa shape index (κ3) is 2.47. The maximum absolute atomic E-state index is 10.4. The van der Waals surface area contributed by atoms with E-state index in [9.17, 15) is 4.79 Å². The summed E-state index contributed by atoms with van der Waals surface area (Å²) in [5.41, 5.74) is 0. The topological polar surface area (TPSA) is 39.4 Å². The van der Waals surface area contributed by atoms with Crippen LogP contribution in [0, 0.1) is 0 Å². The van der Waals surface area contributed by atoms with Gasteiger partial charge in [0.1, 0.15) is 5.75 Å². The Morgan fingerprint density at radius 1 is 1.13 bits per heavy atom. The van der Waals surface area contributed by atoms with Crippen LogP contribution in [0.25, 0.3) is 0 Å². The van der Waals surface area contributed by atoms with Crippen LogP contribution in [0.1, 0.15) is 10.6 Å². The lowest BCUT2D eigenvalue weighted by atomic mass is 10.3. The Morgan fingerprint density at radius 3 is 2.47 bits per heavy atom.